The normalized spacial score (nSPS) is 11.9. The Morgan fingerprint density at radius 3 is 2.10 bits per heavy atom. The second kappa shape index (κ2) is 13.8. The van der Waals surface area contributed by atoms with Crippen molar-refractivity contribution in [3.8, 4) is 5.75 Å². The minimum absolute atomic E-state index is 0.0341. The number of nitro groups is 1. The minimum Gasteiger partial charge on any atom is -0.497 e. The molecule has 3 rings (SSSR count). The van der Waals surface area contributed by atoms with Crippen molar-refractivity contribution in [2.24, 2.45) is 0 Å². The fourth-order valence-corrected chi connectivity index (χ4v) is 5.65. The predicted octanol–water partition coefficient (Wildman–Crippen LogP) is 4.13. The van der Waals surface area contributed by atoms with Crippen LogP contribution in [0.2, 0.25) is 0 Å². The number of nitro benzene ring substituents is 1. The van der Waals surface area contributed by atoms with Gasteiger partial charge in [0.1, 0.15) is 18.3 Å². The van der Waals surface area contributed by atoms with E-state index < -0.39 is 33.4 Å². The summed E-state index contributed by atoms with van der Waals surface area (Å²) in [7, 11) is -2.73. The SMILES string of the molecule is CCC(C(=O)NC(C)C)N(Cc1ccc(OC)cc1)C(=O)CN(c1ccc([N+](=O)[O-])cc1)S(=O)(=O)c1ccccc1. The number of benzene rings is 3. The van der Waals surface area contributed by atoms with E-state index in [9.17, 15) is 28.1 Å². The van der Waals surface area contributed by atoms with Crippen molar-refractivity contribution in [2.45, 2.75) is 50.7 Å². The van der Waals surface area contributed by atoms with Gasteiger partial charge in [0, 0.05) is 24.7 Å². The monoisotopic (exact) mass is 582 g/mol. The van der Waals surface area contributed by atoms with E-state index in [0.29, 0.717) is 11.3 Å². The number of sulfonamides is 1. The van der Waals surface area contributed by atoms with Crippen molar-refractivity contribution in [3.63, 3.8) is 0 Å². The summed E-state index contributed by atoms with van der Waals surface area (Å²) in [6, 6.07) is 18.4. The molecule has 1 atom stereocenters. The van der Waals surface area contributed by atoms with E-state index in [1.54, 1.807) is 49.4 Å². The first kappa shape index (κ1) is 31.1. The number of anilines is 1. The molecule has 0 saturated carbocycles. The number of nitrogens with zero attached hydrogens (tertiary/aromatic N) is 3. The molecule has 2 amide bonds. The summed E-state index contributed by atoms with van der Waals surface area (Å²) in [4.78, 5) is 39.1. The van der Waals surface area contributed by atoms with Crippen LogP contribution in [0.3, 0.4) is 0 Å². The molecule has 0 saturated heterocycles. The lowest BCUT2D eigenvalue weighted by Crippen LogP contribution is -2.53. The highest BCUT2D eigenvalue weighted by Gasteiger charge is 2.34. The highest BCUT2D eigenvalue weighted by atomic mass is 32.2. The molecule has 0 radical (unpaired) electrons. The number of carbonyl (C=O) groups excluding carboxylic acids is 2. The highest BCUT2D eigenvalue weighted by Crippen LogP contribution is 2.27. The molecule has 0 aliphatic heterocycles. The van der Waals surface area contributed by atoms with Gasteiger partial charge in [-0.2, -0.15) is 0 Å². The van der Waals surface area contributed by atoms with E-state index >= 15 is 0 Å². The summed E-state index contributed by atoms with van der Waals surface area (Å²) < 4.78 is 33.7. The van der Waals surface area contributed by atoms with Crippen LogP contribution in [0.5, 0.6) is 5.75 Å². The van der Waals surface area contributed by atoms with Crippen molar-refractivity contribution in [2.75, 3.05) is 18.0 Å². The van der Waals surface area contributed by atoms with Crippen LogP contribution >= 0.6 is 0 Å². The Morgan fingerprint density at radius 2 is 1.59 bits per heavy atom. The van der Waals surface area contributed by atoms with Crippen LogP contribution < -0.4 is 14.4 Å². The van der Waals surface area contributed by atoms with Gasteiger partial charge in [0.25, 0.3) is 15.7 Å². The van der Waals surface area contributed by atoms with Gasteiger partial charge < -0.3 is 15.0 Å². The second-order valence-electron chi connectivity index (χ2n) is 9.56. The van der Waals surface area contributed by atoms with Crippen LogP contribution in [-0.4, -0.2) is 55.8 Å². The zero-order valence-corrected chi connectivity index (χ0v) is 24.2. The Hall–Kier alpha value is -4.45. The first-order valence-corrected chi connectivity index (χ1v) is 14.5. The van der Waals surface area contributed by atoms with Crippen LogP contribution in [0.25, 0.3) is 0 Å². The number of hydrogen-bond acceptors (Lipinski definition) is 7. The molecule has 41 heavy (non-hydrogen) atoms. The molecule has 0 spiro atoms. The lowest BCUT2D eigenvalue weighted by molar-refractivity contribution is -0.384. The Morgan fingerprint density at radius 1 is 0.976 bits per heavy atom. The van der Waals surface area contributed by atoms with E-state index in [4.69, 9.17) is 4.74 Å². The molecule has 12 heteroatoms. The first-order valence-electron chi connectivity index (χ1n) is 13.0. The third kappa shape index (κ3) is 7.82. The van der Waals surface area contributed by atoms with Crippen molar-refractivity contribution in [1.29, 1.82) is 0 Å². The maximum Gasteiger partial charge on any atom is 0.269 e. The summed E-state index contributed by atoms with van der Waals surface area (Å²) in [6.45, 7) is 4.78. The van der Waals surface area contributed by atoms with Crippen LogP contribution in [0.4, 0.5) is 11.4 Å². The summed E-state index contributed by atoms with van der Waals surface area (Å²) in [6.07, 6.45) is 0.281. The van der Waals surface area contributed by atoms with E-state index in [2.05, 4.69) is 5.32 Å². The highest BCUT2D eigenvalue weighted by molar-refractivity contribution is 7.92. The molecule has 3 aromatic carbocycles. The maximum atomic E-state index is 14.0. The number of non-ortho nitro benzene ring substituents is 1. The Bertz CT molecular complexity index is 1440. The fourth-order valence-electron chi connectivity index (χ4n) is 4.22. The standard InChI is InChI=1S/C29H34N4O7S/c1-5-27(29(35)30-21(2)3)31(19-22-11-17-25(40-4)18-12-22)28(34)20-32(23-13-15-24(16-14-23)33(36)37)41(38,39)26-9-7-6-8-10-26/h6-18,21,27H,5,19-20H2,1-4H3,(H,30,35). The van der Waals surface area contributed by atoms with E-state index in [-0.39, 0.29) is 41.2 Å². The quantitative estimate of drug-likeness (QED) is 0.236. The average molecular weight is 583 g/mol. The molecule has 218 valence electrons. The molecule has 0 aliphatic rings. The number of nitrogens with one attached hydrogen (secondary N) is 1. The van der Waals surface area contributed by atoms with Gasteiger partial charge in [-0.25, -0.2) is 8.42 Å². The van der Waals surface area contributed by atoms with Crippen LogP contribution in [0.15, 0.2) is 83.8 Å². The van der Waals surface area contributed by atoms with Gasteiger partial charge >= 0.3 is 0 Å². The zero-order valence-electron chi connectivity index (χ0n) is 23.4. The average Bonchev–Trinajstić information content (AvgIpc) is 2.96. The molecule has 0 aromatic heterocycles. The second-order valence-corrected chi connectivity index (χ2v) is 11.4. The number of methoxy groups -OCH3 is 1. The summed E-state index contributed by atoms with van der Waals surface area (Å²) in [5.74, 6) is -0.365. The lowest BCUT2D eigenvalue weighted by atomic mass is 10.1. The summed E-state index contributed by atoms with van der Waals surface area (Å²) in [5.41, 5.74) is 0.550. The molecular weight excluding hydrogens is 548 g/mol. The van der Waals surface area contributed by atoms with Gasteiger partial charge in [-0.1, -0.05) is 37.3 Å². The van der Waals surface area contributed by atoms with E-state index in [0.717, 1.165) is 4.31 Å². The molecule has 0 aliphatic carbocycles. The Labute approximate surface area is 239 Å². The van der Waals surface area contributed by atoms with Crippen LogP contribution in [0.1, 0.15) is 32.8 Å². The number of carbonyl (C=O) groups is 2. The number of rotatable bonds is 13. The molecule has 0 fully saturated rings. The van der Waals surface area contributed by atoms with Gasteiger partial charge in [-0.05, 0) is 62.2 Å². The number of amides is 2. The molecule has 1 N–H and O–H groups in total. The molecule has 1 unspecified atom stereocenters. The predicted molar refractivity (Wildman–Crippen MR) is 155 cm³/mol. The number of ether oxygens (including phenoxy) is 1. The molecule has 11 nitrogen and oxygen atoms in total. The third-order valence-corrected chi connectivity index (χ3v) is 8.08. The summed E-state index contributed by atoms with van der Waals surface area (Å²) >= 11 is 0. The third-order valence-electron chi connectivity index (χ3n) is 6.29. The smallest absolute Gasteiger partial charge is 0.269 e. The molecule has 3 aromatic rings. The van der Waals surface area contributed by atoms with Crippen molar-refractivity contribution in [1.82, 2.24) is 10.2 Å². The zero-order chi connectivity index (χ0) is 30.2. The van der Waals surface area contributed by atoms with Crippen molar-refractivity contribution >= 4 is 33.2 Å². The van der Waals surface area contributed by atoms with Gasteiger partial charge in [0.2, 0.25) is 11.8 Å². The Balaban J connectivity index is 2.06. The lowest BCUT2D eigenvalue weighted by Gasteiger charge is -2.33. The van der Waals surface area contributed by atoms with Gasteiger partial charge in [-0.3, -0.25) is 24.0 Å². The van der Waals surface area contributed by atoms with Crippen molar-refractivity contribution in [3.05, 3.63) is 94.5 Å². The first-order chi connectivity index (χ1) is 19.5. The molecular formula is C29H34N4O7S. The van der Waals surface area contributed by atoms with E-state index in [1.807, 2.05) is 13.8 Å². The van der Waals surface area contributed by atoms with Crippen LogP contribution in [0, 0.1) is 10.1 Å². The van der Waals surface area contributed by atoms with E-state index in [1.165, 1.54) is 48.4 Å². The molecule has 0 heterocycles. The summed E-state index contributed by atoms with van der Waals surface area (Å²) in [5, 5.41) is 14.0. The number of hydrogen-bond donors (Lipinski definition) is 1. The maximum absolute atomic E-state index is 14.0. The largest absolute Gasteiger partial charge is 0.497 e. The molecule has 0 bridgehead atoms. The minimum atomic E-state index is -4.27. The Kier molecular flexibility index (Phi) is 10.4. The van der Waals surface area contributed by atoms with Gasteiger partial charge in [-0.15, -0.1) is 0 Å². The van der Waals surface area contributed by atoms with Crippen molar-refractivity contribution < 1.29 is 27.7 Å². The fraction of sp³-hybridized carbons (Fsp3) is 0.310. The van der Waals surface area contributed by atoms with Gasteiger partial charge in [0.15, 0.2) is 0 Å². The van der Waals surface area contributed by atoms with Crippen LogP contribution in [-0.2, 0) is 26.2 Å². The van der Waals surface area contributed by atoms with Gasteiger partial charge in [0.05, 0.1) is 22.6 Å². The topological polar surface area (TPSA) is 139 Å².